The van der Waals surface area contributed by atoms with Crippen molar-refractivity contribution in [1.29, 1.82) is 0 Å². The summed E-state index contributed by atoms with van der Waals surface area (Å²) in [5.41, 5.74) is -14.7. The fourth-order valence-corrected chi connectivity index (χ4v) is 5.83. The Morgan fingerprint density at radius 3 is 1.30 bits per heavy atom. The van der Waals surface area contributed by atoms with Crippen LogP contribution in [0.15, 0.2) is 69.6 Å². The number of carbonyl (C=O) groups is 2. The molecule has 0 bridgehead atoms. The Morgan fingerprint density at radius 1 is 0.617 bits per heavy atom. The number of amides is 2. The highest BCUT2D eigenvalue weighted by atomic mass is 79.9. The van der Waals surface area contributed by atoms with Crippen LogP contribution in [-0.2, 0) is 23.7 Å². The number of nitrogen functional groups attached to an aromatic ring is 1. The Bertz CT molecular complexity index is 2330. The van der Waals surface area contributed by atoms with E-state index in [2.05, 4.69) is 31.9 Å². The van der Waals surface area contributed by atoms with E-state index < -0.39 is 129 Å². The predicted octanol–water partition coefficient (Wildman–Crippen LogP) is 12.7. The number of carbonyl (C=O) groups excluding carboxylic acids is 2. The van der Waals surface area contributed by atoms with Gasteiger partial charge in [-0.3, -0.25) is 19.7 Å². The summed E-state index contributed by atoms with van der Waals surface area (Å²) < 4.78 is 213. The Morgan fingerprint density at radius 2 is 0.967 bits per heavy atom. The van der Waals surface area contributed by atoms with Gasteiger partial charge in [-0.1, -0.05) is 12.1 Å². The van der Waals surface area contributed by atoms with E-state index in [1.165, 1.54) is 6.07 Å². The zero-order valence-electron chi connectivity index (χ0n) is 29.2. The molecule has 0 fully saturated rings. The number of rotatable bonds is 7. The average molecular weight is 1010 g/mol. The number of anilines is 3. The third-order valence-corrected chi connectivity index (χ3v) is 9.36. The molecule has 2 atom stereocenters. The predicted molar refractivity (Wildman–Crippen MR) is 187 cm³/mol. The Labute approximate surface area is 341 Å². The van der Waals surface area contributed by atoms with Crippen molar-refractivity contribution in [1.82, 2.24) is 0 Å². The molecule has 4 aromatic carbocycles. The van der Waals surface area contributed by atoms with Crippen LogP contribution in [0.3, 0.4) is 0 Å². The van der Waals surface area contributed by atoms with Gasteiger partial charge in [-0.2, -0.15) is 57.1 Å². The molecule has 2 unspecified atom stereocenters. The molecule has 0 saturated heterocycles. The van der Waals surface area contributed by atoms with Crippen molar-refractivity contribution in [3.05, 3.63) is 125 Å². The fraction of sp³-hybridized carbons (Fsp3) is 0.235. The van der Waals surface area contributed by atoms with Gasteiger partial charge in [0.1, 0.15) is 0 Å². The minimum Gasteiger partial charge on any atom is -0.396 e. The van der Waals surface area contributed by atoms with Crippen LogP contribution in [0.5, 0.6) is 0 Å². The number of nitrogens with zero attached hydrogens (tertiary/aromatic N) is 1. The number of nitro groups is 1. The number of hydrogen-bond acceptors (Lipinski definition) is 5. The molecular weight excluding hydrogens is 992 g/mol. The van der Waals surface area contributed by atoms with Crippen molar-refractivity contribution in [3.63, 3.8) is 0 Å². The van der Waals surface area contributed by atoms with Crippen molar-refractivity contribution in [2.75, 3.05) is 16.4 Å². The molecule has 60 heavy (non-hydrogen) atoms. The van der Waals surface area contributed by atoms with Crippen LogP contribution in [0.2, 0.25) is 0 Å². The molecule has 2 amide bonds. The highest BCUT2D eigenvalue weighted by Crippen LogP contribution is 2.49. The smallest absolute Gasteiger partial charge is 0.396 e. The molecule has 0 aliphatic heterocycles. The second kappa shape index (κ2) is 17.1. The molecule has 0 aliphatic carbocycles. The molecule has 4 aromatic rings. The van der Waals surface area contributed by atoms with Crippen molar-refractivity contribution < 1.29 is 84.8 Å². The molecule has 4 rings (SSSR count). The summed E-state index contributed by atoms with van der Waals surface area (Å²) in [5.74, 6) is -5.73. The Hall–Kier alpha value is -5.14. The first-order valence-electron chi connectivity index (χ1n) is 15.5. The zero-order chi connectivity index (χ0) is 46.3. The molecule has 326 valence electrons. The van der Waals surface area contributed by atoms with E-state index in [1.54, 1.807) is 10.6 Å². The van der Waals surface area contributed by atoms with Crippen LogP contribution >= 0.6 is 31.9 Å². The van der Waals surface area contributed by atoms with Crippen LogP contribution < -0.4 is 16.4 Å². The summed E-state index contributed by atoms with van der Waals surface area (Å²) in [4.78, 5) is 34.1. The van der Waals surface area contributed by atoms with Crippen molar-refractivity contribution in [2.45, 2.75) is 49.9 Å². The summed E-state index contributed by atoms with van der Waals surface area (Å²) in [6.45, 7) is 0.0843. The number of benzene rings is 4. The second-order valence-corrected chi connectivity index (χ2v) is 14.0. The van der Waals surface area contributed by atoms with Gasteiger partial charge in [-0.15, -0.1) is 0 Å². The van der Waals surface area contributed by atoms with Crippen molar-refractivity contribution in [3.8, 4) is 0 Å². The van der Waals surface area contributed by atoms with Gasteiger partial charge in [-0.25, -0.2) is 13.2 Å². The van der Waals surface area contributed by atoms with Crippen molar-refractivity contribution >= 4 is 66.4 Å². The van der Waals surface area contributed by atoms with E-state index >= 15 is 0 Å². The summed E-state index contributed by atoms with van der Waals surface area (Å²) in [6.07, 6.45) is -21.7. The summed E-state index contributed by atoms with van der Waals surface area (Å²) in [7, 11) is 0. The normalized spacial score (nSPS) is 14.3. The standard InChI is InChI=1S/C17H9BrF8N2O3.C17H11BrF8N2O/c1-15(20,17(24,25)26)7-5-9(16(21,22)23)13(10(18)6-7)27-14(29)8-3-2-4-11(12(8)19)28(30)31;1-15(20,17(24,25)26)7-5-9(16(21,22)23)13(10(18)6-7)28-14(29)8-3-2-4-11(27)12(8)19/h2-6H,1H3,(H,27,29);2-6H,27H2,1H3,(H,28,29). The van der Waals surface area contributed by atoms with E-state index in [1.807, 2.05) is 0 Å². The number of alkyl halides is 14. The third-order valence-electron chi connectivity index (χ3n) is 8.11. The molecule has 0 heterocycles. The molecule has 0 aromatic heterocycles. The molecule has 26 heteroatoms. The first-order chi connectivity index (χ1) is 27.0. The fourth-order valence-electron chi connectivity index (χ4n) is 4.71. The minimum atomic E-state index is -5.55. The summed E-state index contributed by atoms with van der Waals surface area (Å²) in [6, 6.07) is 6.20. The molecule has 0 saturated carbocycles. The monoisotopic (exact) mass is 1010 g/mol. The average Bonchev–Trinajstić information content (AvgIpc) is 3.09. The van der Waals surface area contributed by atoms with Gasteiger partial charge in [0.15, 0.2) is 5.82 Å². The lowest BCUT2D eigenvalue weighted by Gasteiger charge is -2.26. The van der Waals surface area contributed by atoms with Crippen LogP contribution in [0, 0.1) is 21.7 Å². The van der Waals surface area contributed by atoms with Gasteiger partial charge < -0.3 is 16.4 Å². The number of hydrogen-bond donors (Lipinski definition) is 3. The summed E-state index contributed by atoms with van der Waals surface area (Å²) >= 11 is 5.17. The maximum Gasteiger partial charge on any atom is 0.426 e. The maximum atomic E-state index is 14.2. The lowest BCUT2D eigenvalue weighted by Crippen LogP contribution is -2.35. The van der Waals surface area contributed by atoms with E-state index in [0.29, 0.717) is 18.2 Å². The number of halogens is 18. The van der Waals surface area contributed by atoms with Gasteiger partial charge in [0, 0.05) is 15.0 Å². The molecule has 0 aliphatic rings. The van der Waals surface area contributed by atoms with Gasteiger partial charge in [-0.05, 0) is 99.3 Å². The Balaban J connectivity index is 0.000000321. The molecule has 8 nitrogen and oxygen atoms in total. The van der Waals surface area contributed by atoms with Gasteiger partial charge in [0.25, 0.3) is 11.8 Å². The topological polar surface area (TPSA) is 127 Å². The van der Waals surface area contributed by atoms with E-state index in [0.717, 1.165) is 24.3 Å². The summed E-state index contributed by atoms with van der Waals surface area (Å²) in [5, 5.41) is 14.2. The largest absolute Gasteiger partial charge is 0.426 e. The number of nitrogens with two attached hydrogens (primary N) is 1. The third kappa shape index (κ3) is 10.4. The molecule has 4 N–H and O–H groups in total. The number of nitro benzene ring substituents is 1. The van der Waals surface area contributed by atoms with Crippen molar-refractivity contribution in [2.24, 2.45) is 0 Å². The zero-order valence-corrected chi connectivity index (χ0v) is 32.4. The molecular formula is C34H20Br2F16N4O4. The molecule has 0 spiro atoms. The minimum absolute atomic E-state index is 0.0195. The SMILES string of the molecule is CC(F)(c1cc(Br)c(NC(=O)c2cccc(N)c2F)c(C(F)(F)F)c1)C(F)(F)F.CC(F)(c1cc(Br)c(NC(=O)c2cccc([N+](=O)[O-])c2F)c(C(F)(F)F)c1)C(F)(F)F. The Kier molecular flexibility index (Phi) is 14.0. The lowest BCUT2D eigenvalue weighted by molar-refractivity contribution is -0.387. The first-order valence-corrected chi connectivity index (χ1v) is 17.1. The number of nitrogens with one attached hydrogen (secondary N) is 2. The van der Waals surface area contributed by atoms with Crippen LogP contribution in [0.1, 0.15) is 56.8 Å². The van der Waals surface area contributed by atoms with Gasteiger partial charge >= 0.3 is 30.4 Å². The van der Waals surface area contributed by atoms with Gasteiger partial charge in [0.05, 0.1) is 44.2 Å². The lowest BCUT2D eigenvalue weighted by atomic mass is 9.94. The highest BCUT2D eigenvalue weighted by Gasteiger charge is 2.55. The molecule has 0 radical (unpaired) electrons. The quantitative estimate of drug-likeness (QED) is 0.0735. The van der Waals surface area contributed by atoms with E-state index in [-0.39, 0.29) is 26.0 Å². The van der Waals surface area contributed by atoms with Crippen LogP contribution in [0.4, 0.5) is 93.0 Å². The first kappa shape index (κ1) is 49.2. The van der Waals surface area contributed by atoms with E-state index in [9.17, 15) is 90.0 Å². The maximum absolute atomic E-state index is 14.2. The second-order valence-electron chi connectivity index (χ2n) is 12.3. The van der Waals surface area contributed by atoms with Gasteiger partial charge in [0.2, 0.25) is 17.2 Å². The highest BCUT2D eigenvalue weighted by molar-refractivity contribution is 9.11. The van der Waals surface area contributed by atoms with E-state index in [4.69, 9.17) is 5.73 Å². The van der Waals surface area contributed by atoms with Crippen LogP contribution in [0.25, 0.3) is 0 Å². The van der Waals surface area contributed by atoms with Crippen LogP contribution in [-0.4, -0.2) is 29.1 Å².